The van der Waals surface area contributed by atoms with Crippen LogP contribution in [-0.4, -0.2) is 57.4 Å². The molecule has 4 rings (SSSR count). The van der Waals surface area contributed by atoms with Crippen molar-refractivity contribution in [1.82, 2.24) is 25.9 Å². The lowest BCUT2D eigenvalue weighted by molar-refractivity contribution is -0.125. The van der Waals surface area contributed by atoms with E-state index < -0.39 is 42.3 Å². The molecular weight excluding hydrogens is 634 g/mol. The molecule has 50 heavy (non-hydrogen) atoms. The van der Waals surface area contributed by atoms with E-state index in [0.717, 1.165) is 28.8 Å². The number of amides is 3. The molecule has 0 aliphatic heterocycles. The summed E-state index contributed by atoms with van der Waals surface area (Å²) in [5.41, 5.74) is 4.09. The predicted molar refractivity (Wildman–Crippen MR) is 190 cm³/mol. The molecule has 2 heterocycles. The molecule has 0 radical (unpaired) electrons. The highest BCUT2D eigenvalue weighted by molar-refractivity contribution is 5.86. The minimum Gasteiger partial charge on any atom is -0.445 e. The average molecular weight is 682 g/mol. The van der Waals surface area contributed by atoms with Crippen molar-refractivity contribution in [2.45, 2.75) is 83.9 Å². The van der Waals surface area contributed by atoms with Gasteiger partial charge in [-0.05, 0) is 60.9 Å². The van der Waals surface area contributed by atoms with Crippen LogP contribution in [0.2, 0.25) is 0 Å². The van der Waals surface area contributed by atoms with Crippen molar-refractivity contribution in [3.63, 3.8) is 0 Å². The second kappa shape index (κ2) is 19.6. The summed E-state index contributed by atoms with van der Waals surface area (Å²) in [6.07, 6.45) is 2.40. The highest BCUT2D eigenvalue weighted by Gasteiger charge is 2.31. The Kier molecular flexibility index (Phi) is 14.7. The number of hydrogen-bond donors (Lipinski definition) is 4. The lowest BCUT2D eigenvalue weighted by atomic mass is 9.93. The maximum atomic E-state index is 13.8. The molecule has 0 bridgehead atoms. The lowest BCUT2D eigenvalue weighted by Gasteiger charge is -2.30. The van der Waals surface area contributed by atoms with E-state index in [2.05, 4.69) is 25.9 Å². The van der Waals surface area contributed by atoms with Crippen LogP contribution in [0, 0.1) is 5.92 Å². The number of aromatic nitrogens is 2. The number of alkyl carbamates (subject to hydrolysis) is 2. The van der Waals surface area contributed by atoms with E-state index in [0.29, 0.717) is 18.5 Å². The molecule has 264 valence electrons. The van der Waals surface area contributed by atoms with Gasteiger partial charge >= 0.3 is 12.2 Å². The van der Waals surface area contributed by atoms with Gasteiger partial charge in [0, 0.05) is 29.7 Å². The summed E-state index contributed by atoms with van der Waals surface area (Å²) in [5.74, 6) is -0.757. The van der Waals surface area contributed by atoms with Crippen LogP contribution in [0.4, 0.5) is 9.59 Å². The Labute approximate surface area is 293 Å². The molecule has 3 amide bonds. The van der Waals surface area contributed by atoms with Crippen molar-refractivity contribution >= 4 is 18.1 Å². The van der Waals surface area contributed by atoms with Crippen LogP contribution in [0.3, 0.4) is 0 Å². The van der Waals surface area contributed by atoms with Gasteiger partial charge in [0.15, 0.2) is 0 Å². The van der Waals surface area contributed by atoms with Gasteiger partial charge in [-0.1, -0.05) is 93.6 Å². The van der Waals surface area contributed by atoms with Crippen molar-refractivity contribution < 1.29 is 29.0 Å². The molecule has 0 aliphatic rings. The molecule has 2 aromatic carbocycles. The molecule has 11 heteroatoms. The molecule has 0 aliphatic carbocycles. The van der Waals surface area contributed by atoms with Crippen molar-refractivity contribution in [1.29, 1.82) is 0 Å². The highest BCUT2D eigenvalue weighted by Crippen LogP contribution is 2.16. The standard InChI is InChI=1S/C39H47N5O6/c1-4-31-18-11-19-32(41-31)26-50-39(48)44-36(27(2)3)37(46)43-34(22-29-15-9-6-10-16-29)35(45)23-33(21-28-13-7-5-8-14-28)42-38(47)49-25-30-17-12-20-40-24-30/h5-20,24,27,33-36,45H,4,21-23,25-26H2,1-3H3,(H,42,47)(H,43,46)(H,44,48)/t33-,34-,35-,36?/m0/s1. The molecule has 0 saturated carbocycles. The topological polar surface area (TPSA) is 152 Å². The zero-order valence-corrected chi connectivity index (χ0v) is 28.8. The number of pyridine rings is 2. The van der Waals surface area contributed by atoms with E-state index in [-0.39, 0.29) is 25.6 Å². The number of aliphatic hydroxyl groups excluding tert-OH is 1. The number of ether oxygens (including phenoxy) is 2. The normalized spacial score (nSPS) is 13.4. The first-order valence-corrected chi connectivity index (χ1v) is 17.0. The highest BCUT2D eigenvalue weighted by atomic mass is 16.6. The fourth-order valence-corrected chi connectivity index (χ4v) is 5.46. The second-order valence-electron chi connectivity index (χ2n) is 12.5. The molecule has 11 nitrogen and oxygen atoms in total. The molecule has 1 unspecified atom stereocenters. The summed E-state index contributed by atoms with van der Waals surface area (Å²) in [6, 6.07) is 26.0. The number of rotatable bonds is 17. The largest absolute Gasteiger partial charge is 0.445 e. The van der Waals surface area contributed by atoms with Crippen LogP contribution in [-0.2, 0) is 46.7 Å². The number of nitrogens with one attached hydrogen (secondary N) is 3. The summed E-state index contributed by atoms with van der Waals surface area (Å²) >= 11 is 0. The number of carbonyl (C=O) groups is 3. The number of benzene rings is 2. The maximum absolute atomic E-state index is 13.8. The fourth-order valence-electron chi connectivity index (χ4n) is 5.46. The van der Waals surface area contributed by atoms with Gasteiger partial charge in [-0.2, -0.15) is 0 Å². The Balaban J connectivity index is 1.45. The van der Waals surface area contributed by atoms with Gasteiger partial charge in [0.05, 0.1) is 17.8 Å². The quantitative estimate of drug-likeness (QED) is 0.117. The molecule has 2 aromatic heterocycles. The van der Waals surface area contributed by atoms with Gasteiger partial charge in [-0.15, -0.1) is 0 Å². The predicted octanol–water partition coefficient (Wildman–Crippen LogP) is 5.31. The van der Waals surface area contributed by atoms with Crippen molar-refractivity contribution in [3.05, 3.63) is 131 Å². The Morgan fingerprint density at radius 2 is 1.34 bits per heavy atom. The number of nitrogens with zero attached hydrogens (tertiary/aromatic N) is 2. The molecule has 4 N–H and O–H groups in total. The van der Waals surface area contributed by atoms with Gasteiger partial charge in [0.1, 0.15) is 19.3 Å². The zero-order valence-electron chi connectivity index (χ0n) is 28.8. The van der Waals surface area contributed by atoms with Gasteiger partial charge in [0.2, 0.25) is 5.91 Å². The first kappa shape index (κ1) is 37.5. The van der Waals surface area contributed by atoms with E-state index in [4.69, 9.17) is 9.47 Å². The molecule has 4 aromatic rings. The van der Waals surface area contributed by atoms with Crippen LogP contribution in [0.15, 0.2) is 103 Å². The SMILES string of the molecule is CCc1cccc(COC(=O)NC(C(=O)N[C@@H](Cc2ccccc2)[C@@H](O)C[C@H](Cc2ccccc2)NC(=O)OCc2cccnc2)C(C)C)n1. The third-order valence-electron chi connectivity index (χ3n) is 8.16. The van der Waals surface area contributed by atoms with E-state index in [1.807, 2.05) is 99.6 Å². The van der Waals surface area contributed by atoms with Crippen molar-refractivity contribution in [2.24, 2.45) is 5.92 Å². The third kappa shape index (κ3) is 12.6. The van der Waals surface area contributed by atoms with Gasteiger partial charge in [-0.3, -0.25) is 14.8 Å². The first-order valence-electron chi connectivity index (χ1n) is 17.0. The Morgan fingerprint density at radius 1 is 0.720 bits per heavy atom. The molecule has 0 spiro atoms. The minimum absolute atomic E-state index is 0.0398. The van der Waals surface area contributed by atoms with Gasteiger partial charge < -0.3 is 30.5 Å². The van der Waals surface area contributed by atoms with Crippen molar-refractivity contribution in [2.75, 3.05) is 0 Å². The Hall–Kier alpha value is -5.29. The van der Waals surface area contributed by atoms with E-state index in [9.17, 15) is 19.5 Å². The molecule has 0 saturated heterocycles. The van der Waals surface area contributed by atoms with Crippen LogP contribution in [0.5, 0.6) is 0 Å². The molecular formula is C39H47N5O6. The van der Waals surface area contributed by atoms with Crippen LogP contribution < -0.4 is 16.0 Å². The smallest absolute Gasteiger partial charge is 0.408 e. The summed E-state index contributed by atoms with van der Waals surface area (Å²) in [4.78, 5) is 48.0. The summed E-state index contributed by atoms with van der Waals surface area (Å²) in [7, 11) is 0. The Morgan fingerprint density at radius 3 is 1.98 bits per heavy atom. The number of aliphatic hydroxyl groups is 1. The van der Waals surface area contributed by atoms with Gasteiger partial charge in [0.25, 0.3) is 0 Å². The second-order valence-corrected chi connectivity index (χ2v) is 12.5. The van der Waals surface area contributed by atoms with Crippen molar-refractivity contribution in [3.8, 4) is 0 Å². The minimum atomic E-state index is -1.08. The average Bonchev–Trinajstić information content (AvgIpc) is 3.13. The van der Waals surface area contributed by atoms with Crippen LogP contribution >= 0.6 is 0 Å². The lowest BCUT2D eigenvalue weighted by Crippen LogP contribution is -2.56. The Bertz CT molecular complexity index is 1620. The fraction of sp³-hybridized carbons (Fsp3) is 0.359. The summed E-state index contributed by atoms with van der Waals surface area (Å²) < 4.78 is 10.9. The van der Waals surface area contributed by atoms with E-state index >= 15 is 0 Å². The van der Waals surface area contributed by atoms with Gasteiger partial charge in [-0.25, -0.2) is 9.59 Å². The zero-order chi connectivity index (χ0) is 35.7. The monoisotopic (exact) mass is 681 g/mol. The third-order valence-corrected chi connectivity index (χ3v) is 8.16. The van der Waals surface area contributed by atoms with Crippen LogP contribution in [0.25, 0.3) is 0 Å². The number of hydrogen-bond acceptors (Lipinski definition) is 8. The van der Waals surface area contributed by atoms with Crippen LogP contribution in [0.1, 0.15) is 55.3 Å². The maximum Gasteiger partial charge on any atom is 0.408 e. The molecule has 0 fully saturated rings. The number of carbonyl (C=O) groups excluding carboxylic acids is 3. The van der Waals surface area contributed by atoms with E-state index in [1.165, 1.54) is 0 Å². The number of aryl methyl sites for hydroxylation is 1. The first-order chi connectivity index (χ1) is 24.2. The summed E-state index contributed by atoms with van der Waals surface area (Å²) in [5, 5.41) is 20.3. The summed E-state index contributed by atoms with van der Waals surface area (Å²) in [6.45, 7) is 5.63. The molecule has 4 atom stereocenters. The van der Waals surface area contributed by atoms with E-state index in [1.54, 1.807) is 24.5 Å².